The van der Waals surface area contributed by atoms with E-state index in [1.54, 1.807) is 0 Å². The molecule has 1 saturated carbocycles. The van der Waals surface area contributed by atoms with Crippen molar-refractivity contribution in [2.75, 3.05) is 19.6 Å². The van der Waals surface area contributed by atoms with Crippen molar-refractivity contribution in [3.63, 3.8) is 0 Å². The van der Waals surface area contributed by atoms with Crippen molar-refractivity contribution in [2.24, 2.45) is 5.92 Å². The smallest absolute Gasteiger partial charge is 0.0252 e. The van der Waals surface area contributed by atoms with Crippen LogP contribution in [0.25, 0.3) is 0 Å². The maximum absolute atomic E-state index is 3.63. The van der Waals surface area contributed by atoms with Crippen LogP contribution in [0.1, 0.15) is 48.8 Å². The first-order chi connectivity index (χ1) is 10.2. The van der Waals surface area contributed by atoms with Gasteiger partial charge in [0, 0.05) is 32.2 Å². The largest absolute Gasteiger partial charge is 0.314 e. The van der Waals surface area contributed by atoms with Gasteiger partial charge >= 0.3 is 0 Å². The van der Waals surface area contributed by atoms with E-state index in [0.717, 1.165) is 25.0 Å². The third-order valence-corrected chi connectivity index (χ3v) is 5.26. The summed E-state index contributed by atoms with van der Waals surface area (Å²) in [5, 5.41) is 3.63. The first kappa shape index (κ1) is 15.1. The van der Waals surface area contributed by atoms with Crippen molar-refractivity contribution < 1.29 is 0 Å². The molecule has 1 aromatic carbocycles. The van der Waals surface area contributed by atoms with Crippen molar-refractivity contribution in [1.29, 1.82) is 0 Å². The second-order valence-corrected chi connectivity index (χ2v) is 7.14. The topological polar surface area (TPSA) is 15.3 Å². The van der Waals surface area contributed by atoms with Gasteiger partial charge in [-0.3, -0.25) is 4.90 Å². The Hall–Kier alpha value is -0.860. The molecule has 21 heavy (non-hydrogen) atoms. The molecule has 0 bridgehead atoms. The van der Waals surface area contributed by atoms with Crippen LogP contribution in [0.4, 0.5) is 0 Å². The Morgan fingerprint density at radius 1 is 1.05 bits per heavy atom. The molecule has 2 nitrogen and oxygen atoms in total. The number of hydrogen-bond donors (Lipinski definition) is 1. The lowest BCUT2D eigenvalue weighted by atomic mass is 9.82. The first-order valence-electron chi connectivity index (χ1n) is 8.74. The maximum atomic E-state index is 3.63. The SMILES string of the molecule is Cc1cc(C)cc(CN2CCNCC2C2CCCCC2)c1. The van der Waals surface area contributed by atoms with E-state index in [-0.39, 0.29) is 0 Å². The summed E-state index contributed by atoms with van der Waals surface area (Å²) in [4.78, 5) is 2.75. The molecular weight excluding hydrogens is 256 g/mol. The number of aryl methyl sites for hydroxylation is 2. The molecule has 1 N–H and O–H groups in total. The minimum atomic E-state index is 0.750. The van der Waals surface area contributed by atoms with Gasteiger partial charge in [-0.25, -0.2) is 0 Å². The number of benzene rings is 1. The molecule has 2 heteroatoms. The monoisotopic (exact) mass is 286 g/mol. The predicted molar refractivity (Wildman–Crippen MR) is 89.6 cm³/mol. The normalized spacial score (nSPS) is 25.1. The zero-order valence-corrected chi connectivity index (χ0v) is 13.7. The Bertz CT molecular complexity index is 442. The summed E-state index contributed by atoms with van der Waals surface area (Å²) < 4.78 is 0. The zero-order valence-electron chi connectivity index (χ0n) is 13.7. The van der Waals surface area contributed by atoms with Crippen molar-refractivity contribution in [3.8, 4) is 0 Å². The molecule has 0 amide bonds. The second kappa shape index (κ2) is 6.93. The van der Waals surface area contributed by atoms with Crippen LogP contribution >= 0.6 is 0 Å². The van der Waals surface area contributed by atoms with Gasteiger partial charge in [0.05, 0.1) is 0 Å². The van der Waals surface area contributed by atoms with E-state index in [1.807, 2.05) is 0 Å². The van der Waals surface area contributed by atoms with E-state index < -0.39 is 0 Å². The van der Waals surface area contributed by atoms with Gasteiger partial charge in [0.15, 0.2) is 0 Å². The van der Waals surface area contributed by atoms with E-state index in [9.17, 15) is 0 Å². The highest BCUT2D eigenvalue weighted by Crippen LogP contribution is 2.30. The van der Waals surface area contributed by atoms with E-state index in [4.69, 9.17) is 0 Å². The highest BCUT2D eigenvalue weighted by molar-refractivity contribution is 5.28. The van der Waals surface area contributed by atoms with Gasteiger partial charge in [-0.15, -0.1) is 0 Å². The summed E-state index contributed by atoms with van der Waals surface area (Å²) in [7, 11) is 0. The van der Waals surface area contributed by atoms with E-state index in [1.165, 1.54) is 61.9 Å². The third-order valence-electron chi connectivity index (χ3n) is 5.26. The molecule has 1 unspecified atom stereocenters. The number of nitrogens with one attached hydrogen (secondary N) is 1. The molecule has 1 aliphatic heterocycles. The minimum absolute atomic E-state index is 0.750. The lowest BCUT2D eigenvalue weighted by molar-refractivity contribution is 0.0859. The van der Waals surface area contributed by atoms with Crippen molar-refractivity contribution in [1.82, 2.24) is 10.2 Å². The lowest BCUT2D eigenvalue weighted by Crippen LogP contribution is -2.54. The average Bonchev–Trinajstić information content (AvgIpc) is 2.48. The van der Waals surface area contributed by atoms with Crippen LogP contribution < -0.4 is 5.32 Å². The number of rotatable bonds is 3. The first-order valence-corrected chi connectivity index (χ1v) is 8.74. The Balaban J connectivity index is 1.71. The molecule has 3 rings (SSSR count). The molecule has 116 valence electrons. The molecule has 1 atom stereocenters. The van der Waals surface area contributed by atoms with Gasteiger partial charge in [0.2, 0.25) is 0 Å². The maximum Gasteiger partial charge on any atom is 0.0252 e. The molecule has 1 aliphatic carbocycles. The molecule has 2 aliphatic rings. The Kier molecular flexibility index (Phi) is 4.97. The summed E-state index contributed by atoms with van der Waals surface area (Å²) >= 11 is 0. The summed E-state index contributed by atoms with van der Waals surface area (Å²) in [5.41, 5.74) is 4.29. The number of hydrogen-bond acceptors (Lipinski definition) is 2. The van der Waals surface area contributed by atoms with Gasteiger partial charge in [-0.1, -0.05) is 48.6 Å². The molecule has 1 heterocycles. The Morgan fingerprint density at radius 2 is 1.76 bits per heavy atom. The number of nitrogens with zero attached hydrogens (tertiary/aromatic N) is 1. The van der Waals surface area contributed by atoms with Gasteiger partial charge in [0.1, 0.15) is 0 Å². The summed E-state index contributed by atoms with van der Waals surface area (Å²) in [5.74, 6) is 0.914. The van der Waals surface area contributed by atoms with Crippen LogP contribution in [-0.2, 0) is 6.54 Å². The minimum Gasteiger partial charge on any atom is -0.314 e. The van der Waals surface area contributed by atoms with Crippen molar-refractivity contribution >= 4 is 0 Å². The summed E-state index contributed by atoms with van der Waals surface area (Å²) in [6.07, 6.45) is 7.22. The molecule has 0 aromatic heterocycles. The zero-order chi connectivity index (χ0) is 14.7. The second-order valence-electron chi connectivity index (χ2n) is 7.14. The standard InChI is InChI=1S/C19H30N2/c1-15-10-16(2)12-17(11-15)14-21-9-8-20-13-19(21)18-6-4-3-5-7-18/h10-12,18-20H,3-9,13-14H2,1-2H3. The fourth-order valence-electron chi connectivity index (χ4n) is 4.34. The molecule has 1 saturated heterocycles. The highest BCUT2D eigenvalue weighted by atomic mass is 15.2. The van der Waals surface area contributed by atoms with E-state index in [2.05, 4.69) is 42.3 Å². The van der Waals surface area contributed by atoms with Crippen LogP contribution in [0.5, 0.6) is 0 Å². The van der Waals surface area contributed by atoms with Gasteiger partial charge in [0.25, 0.3) is 0 Å². The van der Waals surface area contributed by atoms with Crippen LogP contribution in [-0.4, -0.2) is 30.6 Å². The summed E-state index contributed by atoms with van der Waals surface area (Å²) in [6.45, 7) is 9.10. The summed E-state index contributed by atoms with van der Waals surface area (Å²) in [6, 6.07) is 7.76. The average molecular weight is 286 g/mol. The van der Waals surface area contributed by atoms with Gasteiger partial charge in [-0.2, -0.15) is 0 Å². The van der Waals surface area contributed by atoms with Crippen LogP contribution in [0.3, 0.4) is 0 Å². The predicted octanol–water partition coefficient (Wildman–Crippen LogP) is 3.66. The lowest BCUT2D eigenvalue weighted by Gasteiger charge is -2.42. The third kappa shape index (κ3) is 3.87. The molecule has 1 aromatic rings. The van der Waals surface area contributed by atoms with Gasteiger partial charge in [-0.05, 0) is 38.2 Å². The van der Waals surface area contributed by atoms with Crippen LogP contribution in [0.2, 0.25) is 0 Å². The van der Waals surface area contributed by atoms with E-state index in [0.29, 0.717) is 0 Å². The van der Waals surface area contributed by atoms with E-state index >= 15 is 0 Å². The highest BCUT2D eigenvalue weighted by Gasteiger charge is 2.30. The van der Waals surface area contributed by atoms with Gasteiger partial charge < -0.3 is 5.32 Å². The fourth-order valence-corrected chi connectivity index (χ4v) is 4.34. The van der Waals surface area contributed by atoms with Crippen LogP contribution in [0, 0.1) is 19.8 Å². The molecule has 2 fully saturated rings. The Labute approximate surface area is 129 Å². The van der Waals surface area contributed by atoms with Crippen molar-refractivity contribution in [2.45, 2.75) is 58.5 Å². The van der Waals surface area contributed by atoms with Crippen molar-refractivity contribution in [3.05, 3.63) is 34.9 Å². The Morgan fingerprint density at radius 3 is 2.48 bits per heavy atom. The molecule has 0 spiro atoms. The molecule has 0 radical (unpaired) electrons. The number of piperazine rings is 1. The fraction of sp³-hybridized carbons (Fsp3) is 0.684. The molecular formula is C19H30N2. The quantitative estimate of drug-likeness (QED) is 0.912. The van der Waals surface area contributed by atoms with Crippen LogP contribution in [0.15, 0.2) is 18.2 Å².